The van der Waals surface area contributed by atoms with Gasteiger partial charge < -0.3 is 21.1 Å². The topological polar surface area (TPSA) is 106 Å². The number of nitrogens with zero attached hydrogens (tertiary/aromatic N) is 1. The van der Waals surface area contributed by atoms with Crippen LogP contribution in [0, 0.1) is 5.41 Å². The predicted molar refractivity (Wildman–Crippen MR) is 110 cm³/mol. The van der Waals surface area contributed by atoms with Gasteiger partial charge in [0.25, 0.3) is 5.91 Å². The van der Waals surface area contributed by atoms with E-state index in [-0.39, 0.29) is 24.2 Å². The third-order valence-electron chi connectivity index (χ3n) is 4.79. The van der Waals surface area contributed by atoms with Crippen molar-refractivity contribution in [1.82, 2.24) is 15.6 Å². The van der Waals surface area contributed by atoms with Crippen LogP contribution in [0.1, 0.15) is 33.9 Å². The fourth-order valence-electron chi connectivity index (χ4n) is 3.00. The molecule has 2 heterocycles. The van der Waals surface area contributed by atoms with Gasteiger partial charge in [0.1, 0.15) is 5.01 Å². The zero-order valence-corrected chi connectivity index (χ0v) is 17.1. The van der Waals surface area contributed by atoms with E-state index in [9.17, 15) is 9.59 Å². The first-order valence-electron chi connectivity index (χ1n) is 8.96. The summed E-state index contributed by atoms with van der Waals surface area (Å²) in [5.41, 5.74) is 6.71. The first-order valence-corrected chi connectivity index (χ1v) is 9.83. The standard InChI is InChI=1S/C19H24N4O3S.ClH/c20-13-19(6-8-26-9-7-19)18(25)22-10-15-12-27-16(23-15)11-21-17(24)14-4-2-1-3-5-14;/h1-5,12H,6-11,13,20H2,(H,21,24)(H,22,25);1H. The molecule has 1 aromatic carbocycles. The van der Waals surface area contributed by atoms with E-state index in [1.165, 1.54) is 11.3 Å². The first-order chi connectivity index (χ1) is 13.1. The van der Waals surface area contributed by atoms with E-state index in [1.807, 2.05) is 23.6 Å². The van der Waals surface area contributed by atoms with Gasteiger partial charge >= 0.3 is 0 Å². The molecule has 0 saturated carbocycles. The molecule has 0 bridgehead atoms. The molecule has 2 aromatic rings. The number of carbonyl (C=O) groups is 2. The highest BCUT2D eigenvalue weighted by atomic mass is 35.5. The molecule has 4 N–H and O–H groups in total. The van der Waals surface area contributed by atoms with Gasteiger partial charge in [-0.25, -0.2) is 4.98 Å². The van der Waals surface area contributed by atoms with Crippen molar-refractivity contribution in [3.63, 3.8) is 0 Å². The van der Waals surface area contributed by atoms with Gasteiger partial charge in [0.2, 0.25) is 5.91 Å². The van der Waals surface area contributed by atoms with E-state index in [0.717, 1.165) is 10.7 Å². The summed E-state index contributed by atoms with van der Waals surface area (Å²) >= 11 is 1.46. The monoisotopic (exact) mass is 424 g/mol. The van der Waals surface area contributed by atoms with Crippen LogP contribution in [0.3, 0.4) is 0 Å². The summed E-state index contributed by atoms with van der Waals surface area (Å²) in [6, 6.07) is 9.05. The summed E-state index contributed by atoms with van der Waals surface area (Å²) in [7, 11) is 0. The van der Waals surface area contributed by atoms with Crippen LogP contribution in [0.15, 0.2) is 35.7 Å². The lowest BCUT2D eigenvalue weighted by Gasteiger charge is -2.34. The number of benzene rings is 1. The summed E-state index contributed by atoms with van der Waals surface area (Å²) in [4.78, 5) is 29.1. The quantitative estimate of drug-likeness (QED) is 0.629. The molecule has 1 fully saturated rings. The fraction of sp³-hybridized carbons (Fsp3) is 0.421. The summed E-state index contributed by atoms with van der Waals surface area (Å²) in [6.07, 6.45) is 1.28. The van der Waals surface area contributed by atoms with Crippen molar-refractivity contribution < 1.29 is 14.3 Å². The maximum Gasteiger partial charge on any atom is 0.251 e. The maximum atomic E-state index is 12.6. The van der Waals surface area contributed by atoms with Gasteiger partial charge in [-0.2, -0.15) is 0 Å². The minimum Gasteiger partial charge on any atom is -0.381 e. The van der Waals surface area contributed by atoms with E-state index in [1.54, 1.807) is 12.1 Å². The highest BCUT2D eigenvalue weighted by Gasteiger charge is 2.38. The van der Waals surface area contributed by atoms with Gasteiger partial charge in [0, 0.05) is 30.7 Å². The summed E-state index contributed by atoms with van der Waals surface area (Å²) in [6.45, 7) is 2.15. The molecule has 0 aliphatic carbocycles. The number of carbonyl (C=O) groups excluding carboxylic acids is 2. The van der Waals surface area contributed by atoms with Crippen LogP contribution in [0.4, 0.5) is 0 Å². The van der Waals surface area contributed by atoms with Crippen molar-refractivity contribution >= 4 is 35.6 Å². The highest BCUT2D eigenvalue weighted by Crippen LogP contribution is 2.29. The van der Waals surface area contributed by atoms with Crippen molar-refractivity contribution in [1.29, 1.82) is 0 Å². The molecule has 1 aromatic heterocycles. The van der Waals surface area contributed by atoms with E-state index < -0.39 is 5.41 Å². The van der Waals surface area contributed by atoms with Crippen LogP contribution >= 0.6 is 23.7 Å². The lowest BCUT2D eigenvalue weighted by Crippen LogP contribution is -2.49. The Hall–Kier alpha value is -2.00. The third kappa shape index (κ3) is 5.51. The number of nitrogens with one attached hydrogen (secondary N) is 2. The van der Waals surface area contributed by atoms with Gasteiger partial charge in [-0.05, 0) is 25.0 Å². The number of aromatic nitrogens is 1. The highest BCUT2D eigenvalue weighted by molar-refractivity contribution is 7.09. The second-order valence-corrected chi connectivity index (χ2v) is 7.50. The van der Waals surface area contributed by atoms with Crippen LogP contribution in [-0.2, 0) is 22.6 Å². The number of rotatable bonds is 7. The molecule has 3 rings (SSSR count). The smallest absolute Gasteiger partial charge is 0.251 e. The van der Waals surface area contributed by atoms with Crippen LogP contribution in [0.2, 0.25) is 0 Å². The fourth-order valence-corrected chi connectivity index (χ4v) is 3.74. The van der Waals surface area contributed by atoms with Crippen LogP contribution in [-0.4, -0.2) is 36.6 Å². The Balaban J connectivity index is 0.00000280. The normalized spacial score (nSPS) is 15.3. The van der Waals surface area contributed by atoms with Crippen LogP contribution in [0.25, 0.3) is 0 Å². The zero-order chi connectivity index (χ0) is 19.1. The molecule has 1 aliphatic rings. The molecule has 2 amide bonds. The Kier molecular flexibility index (Phi) is 8.37. The molecule has 0 spiro atoms. The molecule has 152 valence electrons. The Labute approximate surface area is 174 Å². The molecular weight excluding hydrogens is 400 g/mol. The van der Waals surface area contributed by atoms with Crippen LogP contribution < -0.4 is 16.4 Å². The van der Waals surface area contributed by atoms with Crippen molar-refractivity contribution in [2.45, 2.75) is 25.9 Å². The predicted octanol–water partition coefficient (Wildman–Crippen LogP) is 1.87. The molecular formula is C19H25ClN4O3S. The largest absolute Gasteiger partial charge is 0.381 e. The molecule has 1 saturated heterocycles. The Bertz CT molecular complexity index is 778. The van der Waals surface area contributed by atoms with E-state index in [0.29, 0.717) is 51.3 Å². The molecule has 28 heavy (non-hydrogen) atoms. The number of nitrogens with two attached hydrogens (primary N) is 1. The van der Waals surface area contributed by atoms with Gasteiger partial charge in [0.15, 0.2) is 0 Å². The number of thiazole rings is 1. The lowest BCUT2D eigenvalue weighted by atomic mass is 9.79. The number of hydrogen-bond acceptors (Lipinski definition) is 6. The van der Waals surface area contributed by atoms with Gasteiger partial charge in [0.05, 0.1) is 24.2 Å². The molecule has 1 aliphatic heterocycles. The SMILES string of the molecule is Cl.NCC1(C(=O)NCc2csc(CNC(=O)c3ccccc3)n2)CCOCC1. The Morgan fingerprint density at radius 2 is 1.86 bits per heavy atom. The van der Waals surface area contributed by atoms with E-state index in [4.69, 9.17) is 10.5 Å². The van der Waals surface area contributed by atoms with Crippen molar-refractivity contribution in [2.24, 2.45) is 11.1 Å². The number of halogens is 1. The number of ether oxygens (including phenoxy) is 1. The van der Waals surface area contributed by atoms with Crippen molar-refractivity contribution in [3.8, 4) is 0 Å². The second-order valence-electron chi connectivity index (χ2n) is 6.56. The van der Waals surface area contributed by atoms with Crippen molar-refractivity contribution in [3.05, 3.63) is 52.0 Å². The third-order valence-corrected chi connectivity index (χ3v) is 5.69. The van der Waals surface area contributed by atoms with E-state index in [2.05, 4.69) is 15.6 Å². The van der Waals surface area contributed by atoms with Gasteiger partial charge in [-0.1, -0.05) is 18.2 Å². The Morgan fingerprint density at radius 1 is 1.14 bits per heavy atom. The summed E-state index contributed by atoms with van der Waals surface area (Å²) < 4.78 is 5.34. The first kappa shape index (κ1) is 22.3. The summed E-state index contributed by atoms with van der Waals surface area (Å²) in [5, 5.41) is 8.49. The van der Waals surface area contributed by atoms with Crippen LogP contribution in [0.5, 0.6) is 0 Å². The molecule has 0 radical (unpaired) electrons. The number of hydrogen-bond donors (Lipinski definition) is 3. The minimum absolute atomic E-state index is 0. The average Bonchev–Trinajstić information content (AvgIpc) is 3.19. The van der Waals surface area contributed by atoms with Gasteiger partial charge in [-0.3, -0.25) is 9.59 Å². The molecule has 7 nitrogen and oxygen atoms in total. The minimum atomic E-state index is -0.541. The Morgan fingerprint density at radius 3 is 2.54 bits per heavy atom. The summed E-state index contributed by atoms with van der Waals surface area (Å²) in [5.74, 6) is -0.176. The lowest BCUT2D eigenvalue weighted by molar-refractivity contribution is -0.136. The van der Waals surface area contributed by atoms with Crippen molar-refractivity contribution in [2.75, 3.05) is 19.8 Å². The second kappa shape index (κ2) is 10.5. The maximum absolute atomic E-state index is 12.6. The molecule has 9 heteroatoms. The average molecular weight is 425 g/mol. The van der Waals surface area contributed by atoms with Gasteiger partial charge in [-0.15, -0.1) is 23.7 Å². The molecule has 0 atom stereocenters. The molecule has 0 unspecified atom stereocenters. The van der Waals surface area contributed by atoms with E-state index >= 15 is 0 Å². The number of amides is 2. The zero-order valence-electron chi connectivity index (χ0n) is 15.5.